The number of quaternary nitrogens is 1. The molecule has 148 valence electrons. The fourth-order valence-corrected chi connectivity index (χ4v) is 5.13. The van der Waals surface area contributed by atoms with Gasteiger partial charge in [-0.1, -0.05) is 74.5 Å². The summed E-state index contributed by atoms with van der Waals surface area (Å²) in [4.78, 5) is 0. The van der Waals surface area contributed by atoms with Crippen molar-refractivity contribution in [2.45, 2.75) is 38.3 Å². The summed E-state index contributed by atoms with van der Waals surface area (Å²) in [5.74, 6) is 0.917. The Kier molecular flexibility index (Phi) is 7.15. The third kappa shape index (κ3) is 4.25. The molecular weight excluding hydrogens is 445 g/mol. The predicted molar refractivity (Wildman–Crippen MR) is 109 cm³/mol. The number of benzene rings is 2. The molecule has 0 radical (unpaired) electrons. The summed E-state index contributed by atoms with van der Waals surface area (Å²) in [6.07, 6.45) is 2.22. The second kappa shape index (κ2) is 8.62. The van der Waals surface area contributed by atoms with E-state index in [1.165, 1.54) is 12.0 Å². The molecule has 1 N–H and O–H groups in total. The van der Waals surface area contributed by atoms with E-state index in [0.29, 0.717) is 5.92 Å². The molecule has 0 heterocycles. The monoisotopic (exact) mass is 479 g/mol. The molecule has 0 amide bonds. The summed E-state index contributed by atoms with van der Waals surface area (Å²) < 4.78 is 0.810. The molecule has 0 aromatic heterocycles. The number of aliphatic hydroxyl groups is 1. The lowest BCUT2D eigenvalue weighted by molar-refractivity contribution is -0.908. The Balaban J connectivity index is 0.00000261. The molecular formula is C24H34INO. The van der Waals surface area contributed by atoms with Crippen molar-refractivity contribution >= 4 is 0 Å². The van der Waals surface area contributed by atoms with Crippen LogP contribution in [0.3, 0.4) is 0 Å². The first-order chi connectivity index (χ1) is 12.3. The zero-order chi connectivity index (χ0) is 18.9. The van der Waals surface area contributed by atoms with Gasteiger partial charge in [0.2, 0.25) is 0 Å². The average Bonchev–Trinajstić information content (AvgIpc) is 2.63. The van der Waals surface area contributed by atoms with E-state index in [0.717, 1.165) is 16.5 Å². The minimum atomic E-state index is -0.815. The van der Waals surface area contributed by atoms with Crippen molar-refractivity contribution in [2.24, 2.45) is 17.8 Å². The molecule has 2 nitrogen and oxygen atoms in total. The highest BCUT2D eigenvalue weighted by Crippen LogP contribution is 2.54. The Morgan fingerprint density at radius 2 is 1.41 bits per heavy atom. The molecule has 1 fully saturated rings. The Morgan fingerprint density at radius 1 is 0.889 bits per heavy atom. The molecule has 3 heteroatoms. The zero-order valence-electron chi connectivity index (χ0n) is 17.3. The summed E-state index contributed by atoms with van der Waals surface area (Å²) >= 11 is 0. The number of nitrogens with zero attached hydrogens (tertiary/aromatic N) is 1. The first-order valence-electron chi connectivity index (χ1n) is 9.90. The van der Waals surface area contributed by atoms with E-state index >= 15 is 0 Å². The lowest BCUT2D eigenvalue weighted by Crippen LogP contribution is -3.00. The first-order valence-corrected chi connectivity index (χ1v) is 9.90. The molecule has 3 rings (SSSR count). The third-order valence-electron chi connectivity index (χ3n) is 6.64. The van der Waals surface area contributed by atoms with Crippen molar-refractivity contribution in [3.8, 4) is 0 Å². The fourth-order valence-electron chi connectivity index (χ4n) is 5.13. The normalized spacial score (nSPS) is 29.6. The Bertz CT molecular complexity index is 712. The van der Waals surface area contributed by atoms with Gasteiger partial charge in [0.05, 0.1) is 21.1 Å². The van der Waals surface area contributed by atoms with Crippen LogP contribution >= 0.6 is 0 Å². The highest BCUT2D eigenvalue weighted by atomic mass is 127. The van der Waals surface area contributed by atoms with E-state index in [-0.39, 0.29) is 41.9 Å². The van der Waals surface area contributed by atoms with Gasteiger partial charge in [0.25, 0.3) is 0 Å². The lowest BCUT2D eigenvalue weighted by Gasteiger charge is -2.53. The van der Waals surface area contributed by atoms with E-state index < -0.39 is 5.60 Å². The van der Waals surface area contributed by atoms with Gasteiger partial charge in [-0.25, -0.2) is 0 Å². The van der Waals surface area contributed by atoms with Crippen molar-refractivity contribution in [1.29, 1.82) is 0 Å². The molecule has 2 aromatic rings. The van der Waals surface area contributed by atoms with Gasteiger partial charge >= 0.3 is 0 Å². The highest BCUT2D eigenvalue weighted by molar-refractivity contribution is 5.28. The van der Waals surface area contributed by atoms with Crippen molar-refractivity contribution in [3.05, 3.63) is 71.8 Å². The molecule has 2 aromatic carbocycles. The maximum Gasteiger partial charge on any atom is 0.120 e. The third-order valence-corrected chi connectivity index (χ3v) is 6.64. The average molecular weight is 479 g/mol. The summed E-state index contributed by atoms with van der Waals surface area (Å²) in [5, 5.41) is 12.2. The van der Waals surface area contributed by atoms with Crippen molar-refractivity contribution < 1.29 is 33.6 Å². The fraction of sp³-hybridized carbons (Fsp3) is 0.500. The van der Waals surface area contributed by atoms with Crippen LogP contribution in [0.25, 0.3) is 0 Å². The van der Waals surface area contributed by atoms with Crippen LogP contribution in [-0.2, 0) is 5.60 Å². The second-order valence-electron chi connectivity index (χ2n) is 9.11. The Morgan fingerprint density at radius 3 is 1.93 bits per heavy atom. The molecule has 1 aliphatic carbocycles. The Labute approximate surface area is 182 Å². The van der Waals surface area contributed by atoms with Crippen LogP contribution in [0.15, 0.2) is 60.7 Å². The number of hydrogen-bond acceptors (Lipinski definition) is 1. The summed E-state index contributed by atoms with van der Waals surface area (Å²) in [6.45, 7) is 4.53. The van der Waals surface area contributed by atoms with E-state index in [4.69, 9.17) is 0 Å². The van der Waals surface area contributed by atoms with Crippen LogP contribution in [0.2, 0.25) is 0 Å². The molecule has 5 atom stereocenters. The van der Waals surface area contributed by atoms with Crippen LogP contribution < -0.4 is 24.0 Å². The molecule has 0 aliphatic heterocycles. The number of rotatable bonds is 4. The van der Waals surface area contributed by atoms with E-state index in [2.05, 4.69) is 89.6 Å². The molecule has 1 unspecified atom stereocenters. The highest BCUT2D eigenvalue weighted by Gasteiger charge is 2.54. The molecule has 27 heavy (non-hydrogen) atoms. The zero-order valence-corrected chi connectivity index (χ0v) is 19.4. The smallest absolute Gasteiger partial charge is 0.120 e. The minimum Gasteiger partial charge on any atom is -1.00 e. The van der Waals surface area contributed by atoms with Crippen LogP contribution in [0.4, 0.5) is 0 Å². The summed E-state index contributed by atoms with van der Waals surface area (Å²) in [6, 6.07) is 21.4. The maximum atomic E-state index is 12.2. The molecule has 1 aliphatic rings. The van der Waals surface area contributed by atoms with Crippen LogP contribution in [-0.4, -0.2) is 30.7 Å². The van der Waals surface area contributed by atoms with E-state index in [1.807, 2.05) is 6.07 Å². The van der Waals surface area contributed by atoms with Gasteiger partial charge < -0.3 is 33.6 Å². The van der Waals surface area contributed by atoms with Crippen molar-refractivity contribution in [3.63, 3.8) is 0 Å². The van der Waals surface area contributed by atoms with Crippen LogP contribution in [0.1, 0.15) is 43.9 Å². The maximum absolute atomic E-state index is 12.2. The van der Waals surface area contributed by atoms with Crippen LogP contribution in [0, 0.1) is 17.8 Å². The predicted octanol–water partition coefficient (Wildman–Crippen LogP) is 2.01. The second-order valence-corrected chi connectivity index (χ2v) is 9.11. The SMILES string of the molecule is C[C@H]1CCC([C@H](c2ccccc2)[N+](C)(C)C)[C@@](O)(c2ccccc2)[C@H]1C.[I-]. The van der Waals surface area contributed by atoms with E-state index in [9.17, 15) is 5.11 Å². The largest absolute Gasteiger partial charge is 1.00 e. The van der Waals surface area contributed by atoms with Gasteiger partial charge in [-0.3, -0.25) is 0 Å². The lowest BCUT2D eigenvalue weighted by atomic mass is 9.59. The molecule has 1 saturated carbocycles. The first kappa shape index (κ1) is 22.4. The molecule has 0 saturated heterocycles. The molecule has 0 spiro atoms. The van der Waals surface area contributed by atoms with Crippen molar-refractivity contribution in [1.82, 2.24) is 0 Å². The summed E-state index contributed by atoms with van der Waals surface area (Å²) in [5.41, 5.74) is 1.57. The number of hydrogen-bond donors (Lipinski definition) is 1. The van der Waals surface area contributed by atoms with Gasteiger partial charge in [0.15, 0.2) is 0 Å². The summed E-state index contributed by atoms with van der Waals surface area (Å²) in [7, 11) is 6.77. The van der Waals surface area contributed by atoms with Crippen LogP contribution in [0.5, 0.6) is 0 Å². The number of halogens is 1. The quantitative estimate of drug-likeness (QED) is 0.526. The van der Waals surface area contributed by atoms with E-state index in [1.54, 1.807) is 0 Å². The standard InChI is InChI=1S/C24H34NO.HI/c1-18-16-17-22(23(25(3,4)5)20-12-8-6-9-13-20)24(26,19(18)2)21-14-10-7-11-15-21;/h6-15,18-19,22-23,26H,16-17H2,1-5H3;1H/q+1;/p-1/t18-,19-,22?,23-,24-;/m0./s1. The van der Waals surface area contributed by atoms with Gasteiger partial charge in [-0.2, -0.15) is 0 Å². The van der Waals surface area contributed by atoms with Gasteiger partial charge in [0, 0.05) is 11.5 Å². The van der Waals surface area contributed by atoms with Gasteiger partial charge in [0.1, 0.15) is 11.6 Å². The van der Waals surface area contributed by atoms with Crippen molar-refractivity contribution in [2.75, 3.05) is 21.1 Å². The topological polar surface area (TPSA) is 20.2 Å². The Hall–Kier alpha value is -0.910. The van der Waals surface area contributed by atoms with Gasteiger partial charge in [-0.05, 0) is 30.2 Å². The van der Waals surface area contributed by atoms with Gasteiger partial charge in [-0.15, -0.1) is 0 Å². The minimum absolute atomic E-state index is 0. The molecule has 0 bridgehead atoms.